The highest BCUT2D eigenvalue weighted by atomic mass is 32.1. The van der Waals surface area contributed by atoms with E-state index in [4.69, 9.17) is 4.74 Å². The summed E-state index contributed by atoms with van der Waals surface area (Å²) in [5, 5.41) is 12.5. The minimum absolute atomic E-state index is 0.353. The largest absolute Gasteiger partial charge is 0.448 e. The fraction of sp³-hybridized carbons (Fsp3) is 0.444. The molecule has 2 heterocycles. The van der Waals surface area contributed by atoms with Crippen LogP contribution in [0.1, 0.15) is 59.0 Å². The molecule has 1 N–H and O–H groups in total. The van der Waals surface area contributed by atoms with Crippen molar-refractivity contribution in [2.75, 3.05) is 5.32 Å². The molecule has 2 aliphatic rings. The normalized spacial score (nSPS) is 20.6. The highest BCUT2D eigenvalue weighted by Gasteiger charge is 2.31. The van der Waals surface area contributed by atoms with Gasteiger partial charge in [-0.15, -0.1) is 10.2 Å². The molecule has 1 saturated carbocycles. The molecule has 2 aromatic rings. The van der Waals surface area contributed by atoms with Crippen molar-refractivity contribution < 1.29 is 14.3 Å². The number of carbonyl (C=O) groups is 2. The number of fused-ring (bicyclic) bond motifs is 1. The standard InChI is InChI=1S/C18H19N3O3S/c22-15(14-10-12-8-4-5-9-13(12)17(23)24-14)19-18-21-20-16(25-18)11-6-2-1-3-7-11/h4-5,8-9,11,14H,1-3,6-7,10H2,(H,19,21,22). The van der Waals surface area contributed by atoms with E-state index >= 15 is 0 Å². The Labute approximate surface area is 149 Å². The molecule has 25 heavy (non-hydrogen) atoms. The maximum absolute atomic E-state index is 12.5. The zero-order chi connectivity index (χ0) is 17.2. The molecule has 1 aromatic carbocycles. The summed E-state index contributed by atoms with van der Waals surface area (Å²) in [7, 11) is 0. The number of hydrogen-bond acceptors (Lipinski definition) is 6. The third-order valence-electron chi connectivity index (χ3n) is 4.81. The second kappa shape index (κ2) is 6.92. The number of amides is 1. The Hall–Kier alpha value is -2.28. The van der Waals surface area contributed by atoms with Gasteiger partial charge >= 0.3 is 5.97 Å². The van der Waals surface area contributed by atoms with E-state index in [1.165, 1.54) is 30.6 Å². The minimum atomic E-state index is -0.829. The monoisotopic (exact) mass is 357 g/mol. The van der Waals surface area contributed by atoms with Crippen molar-refractivity contribution >= 4 is 28.3 Å². The fourth-order valence-corrected chi connectivity index (χ4v) is 4.38. The number of carbonyl (C=O) groups excluding carboxylic acids is 2. The third-order valence-corrected chi connectivity index (χ3v) is 5.81. The average Bonchev–Trinajstić information content (AvgIpc) is 3.11. The van der Waals surface area contributed by atoms with Gasteiger partial charge < -0.3 is 4.74 Å². The molecule has 4 rings (SSSR count). The Morgan fingerprint density at radius 1 is 1.16 bits per heavy atom. The molecule has 1 aliphatic heterocycles. The fourth-order valence-electron chi connectivity index (χ4n) is 3.46. The van der Waals surface area contributed by atoms with Gasteiger partial charge in [0.25, 0.3) is 5.91 Å². The van der Waals surface area contributed by atoms with E-state index in [-0.39, 0.29) is 5.91 Å². The summed E-state index contributed by atoms with van der Waals surface area (Å²) in [6.07, 6.45) is 5.56. The summed E-state index contributed by atoms with van der Waals surface area (Å²) in [6, 6.07) is 7.21. The smallest absolute Gasteiger partial charge is 0.339 e. The Bertz CT molecular complexity index is 798. The molecule has 1 aliphatic carbocycles. The van der Waals surface area contributed by atoms with Crippen molar-refractivity contribution in [2.24, 2.45) is 0 Å². The number of esters is 1. The molecule has 0 saturated heterocycles. The van der Waals surface area contributed by atoms with Crippen LogP contribution in [0.5, 0.6) is 0 Å². The predicted octanol–water partition coefficient (Wildman–Crippen LogP) is 3.31. The SMILES string of the molecule is O=C1OC(C(=O)Nc2nnc(C3CCCCC3)s2)Cc2ccccc21. The van der Waals surface area contributed by atoms with Gasteiger partial charge in [-0.2, -0.15) is 0 Å². The number of aromatic nitrogens is 2. The van der Waals surface area contributed by atoms with E-state index in [0.29, 0.717) is 23.0 Å². The van der Waals surface area contributed by atoms with E-state index in [0.717, 1.165) is 23.4 Å². The highest BCUT2D eigenvalue weighted by molar-refractivity contribution is 7.15. The first-order valence-corrected chi connectivity index (χ1v) is 9.45. The molecule has 1 fully saturated rings. The number of nitrogens with one attached hydrogen (secondary N) is 1. The molecule has 1 unspecified atom stereocenters. The first kappa shape index (κ1) is 16.2. The lowest BCUT2D eigenvalue weighted by Gasteiger charge is -2.23. The highest BCUT2D eigenvalue weighted by Crippen LogP contribution is 2.35. The lowest BCUT2D eigenvalue weighted by Crippen LogP contribution is -2.37. The molecule has 7 heteroatoms. The minimum Gasteiger partial charge on any atom is -0.448 e. The third kappa shape index (κ3) is 3.42. The quantitative estimate of drug-likeness (QED) is 0.853. The van der Waals surface area contributed by atoms with Crippen LogP contribution in [0.4, 0.5) is 5.13 Å². The van der Waals surface area contributed by atoms with Crippen LogP contribution in [0.15, 0.2) is 24.3 Å². The van der Waals surface area contributed by atoms with Gasteiger partial charge in [0.1, 0.15) is 5.01 Å². The van der Waals surface area contributed by atoms with Crippen LogP contribution in [-0.2, 0) is 16.0 Å². The second-order valence-electron chi connectivity index (χ2n) is 6.52. The van der Waals surface area contributed by atoms with Gasteiger partial charge in [0, 0.05) is 12.3 Å². The van der Waals surface area contributed by atoms with Gasteiger partial charge in [-0.3, -0.25) is 10.1 Å². The Balaban J connectivity index is 1.42. The molecule has 0 radical (unpaired) electrons. The molecular formula is C18H19N3O3S. The molecule has 0 spiro atoms. The van der Waals surface area contributed by atoms with Crippen LogP contribution in [-0.4, -0.2) is 28.2 Å². The van der Waals surface area contributed by atoms with E-state index in [1.54, 1.807) is 12.1 Å². The zero-order valence-corrected chi connectivity index (χ0v) is 14.6. The number of benzene rings is 1. The number of anilines is 1. The lowest BCUT2D eigenvalue weighted by molar-refractivity contribution is -0.125. The molecule has 1 amide bonds. The van der Waals surface area contributed by atoms with Crippen molar-refractivity contribution in [1.29, 1.82) is 0 Å². The van der Waals surface area contributed by atoms with Crippen LogP contribution in [0, 0.1) is 0 Å². The van der Waals surface area contributed by atoms with Crippen LogP contribution in [0.2, 0.25) is 0 Å². The van der Waals surface area contributed by atoms with E-state index in [9.17, 15) is 9.59 Å². The van der Waals surface area contributed by atoms with Gasteiger partial charge in [0.05, 0.1) is 5.56 Å². The summed E-state index contributed by atoms with van der Waals surface area (Å²) in [5.41, 5.74) is 1.36. The summed E-state index contributed by atoms with van der Waals surface area (Å²) in [6.45, 7) is 0. The van der Waals surface area contributed by atoms with E-state index in [2.05, 4.69) is 15.5 Å². The van der Waals surface area contributed by atoms with Crippen molar-refractivity contribution in [1.82, 2.24) is 10.2 Å². The Morgan fingerprint density at radius 3 is 2.80 bits per heavy atom. The topological polar surface area (TPSA) is 81.2 Å². The van der Waals surface area contributed by atoms with Crippen molar-refractivity contribution in [3.63, 3.8) is 0 Å². The maximum atomic E-state index is 12.5. The van der Waals surface area contributed by atoms with Crippen LogP contribution >= 0.6 is 11.3 Å². The van der Waals surface area contributed by atoms with Crippen LogP contribution in [0.3, 0.4) is 0 Å². The van der Waals surface area contributed by atoms with Crippen molar-refractivity contribution in [3.05, 3.63) is 40.4 Å². The van der Waals surface area contributed by atoms with Crippen LogP contribution in [0.25, 0.3) is 0 Å². The molecule has 1 atom stereocenters. The molecule has 0 bridgehead atoms. The number of nitrogens with zero attached hydrogens (tertiary/aromatic N) is 2. The first-order valence-electron chi connectivity index (χ1n) is 8.64. The molecular weight excluding hydrogens is 338 g/mol. The zero-order valence-electron chi connectivity index (χ0n) is 13.7. The van der Waals surface area contributed by atoms with Gasteiger partial charge in [-0.25, -0.2) is 4.79 Å². The maximum Gasteiger partial charge on any atom is 0.339 e. The Morgan fingerprint density at radius 2 is 1.96 bits per heavy atom. The summed E-state index contributed by atoms with van der Waals surface area (Å²) < 4.78 is 5.28. The Kier molecular flexibility index (Phi) is 4.48. The van der Waals surface area contributed by atoms with Gasteiger partial charge in [0.15, 0.2) is 6.10 Å². The summed E-state index contributed by atoms with van der Waals surface area (Å²) in [4.78, 5) is 24.5. The number of cyclic esters (lactones) is 1. The van der Waals surface area contributed by atoms with Crippen molar-refractivity contribution in [2.45, 2.75) is 50.5 Å². The molecule has 1 aromatic heterocycles. The van der Waals surface area contributed by atoms with E-state index < -0.39 is 12.1 Å². The van der Waals surface area contributed by atoms with Gasteiger partial charge in [-0.1, -0.05) is 48.8 Å². The molecule has 130 valence electrons. The predicted molar refractivity (Wildman–Crippen MR) is 93.7 cm³/mol. The summed E-state index contributed by atoms with van der Waals surface area (Å²) in [5.74, 6) is -0.354. The summed E-state index contributed by atoms with van der Waals surface area (Å²) >= 11 is 1.42. The van der Waals surface area contributed by atoms with Gasteiger partial charge in [0.2, 0.25) is 5.13 Å². The second-order valence-corrected chi connectivity index (χ2v) is 7.53. The number of hydrogen-bond donors (Lipinski definition) is 1. The van der Waals surface area contributed by atoms with Gasteiger partial charge in [-0.05, 0) is 24.5 Å². The first-order chi connectivity index (χ1) is 12.2. The van der Waals surface area contributed by atoms with Crippen molar-refractivity contribution in [3.8, 4) is 0 Å². The van der Waals surface area contributed by atoms with Crippen LogP contribution < -0.4 is 5.32 Å². The number of ether oxygens (including phenoxy) is 1. The van der Waals surface area contributed by atoms with E-state index in [1.807, 2.05) is 12.1 Å². The number of rotatable bonds is 3. The molecule has 6 nitrogen and oxygen atoms in total. The lowest BCUT2D eigenvalue weighted by atomic mass is 9.90. The average molecular weight is 357 g/mol.